The zero-order valence-corrected chi connectivity index (χ0v) is 9.47. The topological polar surface area (TPSA) is 53.8 Å². The Labute approximate surface area is 89.0 Å². The van der Waals surface area contributed by atoms with Crippen LogP contribution in [0.15, 0.2) is 0 Å². The highest BCUT2D eigenvalue weighted by Crippen LogP contribution is 2.16. The lowest BCUT2D eigenvalue weighted by atomic mass is 10.1. The van der Waals surface area contributed by atoms with E-state index in [1.165, 1.54) is 12.8 Å². The summed E-state index contributed by atoms with van der Waals surface area (Å²) in [5, 5.41) is 15.7. The molecule has 0 fully saturated rings. The molecule has 0 saturated carbocycles. The third kappa shape index (κ3) is 2.42. The molecule has 0 aliphatic rings. The second kappa shape index (κ2) is 5.26. The molecule has 80 valence electrons. The highest BCUT2D eigenvalue weighted by atomic mass is 32.1. The Bertz CT molecular complexity index is 331. The van der Waals surface area contributed by atoms with E-state index in [4.69, 9.17) is 17.3 Å². The molecule has 0 spiro atoms. The van der Waals surface area contributed by atoms with Crippen LogP contribution in [0.3, 0.4) is 0 Å². The maximum absolute atomic E-state index is 9.06. The maximum Gasteiger partial charge on any atom is 0.195 e. The minimum atomic E-state index is -0.0659. The van der Waals surface area contributed by atoms with Gasteiger partial charge >= 0.3 is 0 Å². The molecule has 1 aromatic heterocycles. The minimum absolute atomic E-state index is 0.0659. The van der Waals surface area contributed by atoms with Gasteiger partial charge in [0.2, 0.25) is 0 Å². The third-order valence-electron chi connectivity index (χ3n) is 2.34. The summed E-state index contributed by atoms with van der Waals surface area (Å²) in [6, 6.07) is 0.309. The predicted octanol–water partition coefficient (Wildman–Crippen LogP) is 2.18. The van der Waals surface area contributed by atoms with Gasteiger partial charge < -0.3 is 5.11 Å². The van der Waals surface area contributed by atoms with Crippen LogP contribution in [-0.4, -0.2) is 19.9 Å². The third-order valence-corrected chi connectivity index (χ3v) is 2.62. The molecule has 1 atom stereocenters. The van der Waals surface area contributed by atoms with Crippen molar-refractivity contribution in [2.24, 2.45) is 0 Å². The summed E-state index contributed by atoms with van der Waals surface area (Å²) in [6.45, 7) is 4.19. The van der Waals surface area contributed by atoms with Gasteiger partial charge in [-0.05, 0) is 25.6 Å². The van der Waals surface area contributed by atoms with Crippen molar-refractivity contribution in [3.8, 4) is 0 Å². The number of aliphatic hydroxyl groups excluding tert-OH is 1. The molecule has 2 N–H and O–H groups in total. The maximum atomic E-state index is 9.06. The second-order valence-corrected chi connectivity index (χ2v) is 3.85. The van der Waals surface area contributed by atoms with E-state index >= 15 is 0 Å². The zero-order valence-electron chi connectivity index (χ0n) is 8.66. The van der Waals surface area contributed by atoms with Crippen molar-refractivity contribution < 1.29 is 5.11 Å². The van der Waals surface area contributed by atoms with Crippen LogP contribution in [0.25, 0.3) is 0 Å². The minimum Gasteiger partial charge on any atom is -0.388 e. The summed E-state index contributed by atoms with van der Waals surface area (Å²) in [7, 11) is 0. The highest BCUT2D eigenvalue weighted by Gasteiger charge is 2.11. The van der Waals surface area contributed by atoms with Gasteiger partial charge in [-0.15, -0.1) is 0 Å². The quantitative estimate of drug-likeness (QED) is 0.740. The van der Waals surface area contributed by atoms with Crippen LogP contribution < -0.4 is 0 Å². The van der Waals surface area contributed by atoms with E-state index in [1.807, 2.05) is 4.57 Å². The Hall–Kier alpha value is -0.680. The van der Waals surface area contributed by atoms with E-state index in [2.05, 4.69) is 24.0 Å². The second-order valence-electron chi connectivity index (χ2n) is 3.46. The SMILES string of the molecule is CCCCC(C)n1c(CO)n[nH]c1=S. The standard InChI is InChI=1S/C9H17N3OS/c1-3-4-5-7(2)12-8(6-13)10-11-9(12)14/h7,13H,3-6H2,1-2H3,(H,11,14). The van der Waals surface area contributed by atoms with Crippen molar-refractivity contribution in [3.63, 3.8) is 0 Å². The summed E-state index contributed by atoms with van der Waals surface area (Å²) in [6.07, 6.45) is 3.40. The largest absolute Gasteiger partial charge is 0.388 e. The van der Waals surface area contributed by atoms with Gasteiger partial charge in [-0.3, -0.25) is 9.67 Å². The van der Waals surface area contributed by atoms with Crippen molar-refractivity contribution in [3.05, 3.63) is 10.6 Å². The van der Waals surface area contributed by atoms with E-state index in [1.54, 1.807) is 0 Å². The van der Waals surface area contributed by atoms with Crippen molar-refractivity contribution in [1.82, 2.24) is 14.8 Å². The van der Waals surface area contributed by atoms with Crippen LogP contribution in [0.5, 0.6) is 0 Å². The van der Waals surface area contributed by atoms with Gasteiger partial charge in [0, 0.05) is 6.04 Å². The summed E-state index contributed by atoms with van der Waals surface area (Å²) in [5.74, 6) is 0.624. The normalized spacial score (nSPS) is 13.1. The fourth-order valence-electron chi connectivity index (χ4n) is 1.53. The van der Waals surface area contributed by atoms with Gasteiger partial charge in [0.05, 0.1) is 0 Å². The molecular formula is C9H17N3OS. The molecule has 1 unspecified atom stereocenters. The smallest absolute Gasteiger partial charge is 0.195 e. The first-order valence-corrected chi connectivity index (χ1v) is 5.38. The highest BCUT2D eigenvalue weighted by molar-refractivity contribution is 7.71. The first kappa shape index (κ1) is 11.4. The average molecular weight is 215 g/mol. The van der Waals surface area contributed by atoms with Crippen LogP contribution in [-0.2, 0) is 6.61 Å². The molecule has 0 aliphatic carbocycles. The van der Waals surface area contributed by atoms with Crippen LogP contribution >= 0.6 is 12.2 Å². The Kier molecular flexibility index (Phi) is 4.28. The average Bonchev–Trinajstić information content (AvgIpc) is 2.56. The molecule has 5 heteroatoms. The van der Waals surface area contributed by atoms with E-state index in [-0.39, 0.29) is 6.61 Å². The van der Waals surface area contributed by atoms with Gasteiger partial charge in [0.25, 0.3) is 0 Å². The molecule has 4 nitrogen and oxygen atoms in total. The van der Waals surface area contributed by atoms with Gasteiger partial charge in [-0.1, -0.05) is 19.8 Å². The summed E-state index contributed by atoms with van der Waals surface area (Å²) >= 11 is 5.10. The van der Waals surface area contributed by atoms with Crippen molar-refractivity contribution in [2.45, 2.75) is 45.8 Å². The zero-order chi connectivity index (χ0) is 10.6. The van der Waals surface area contributed by atoms with Crippen LogP contribution in [0, 0.1) is 4.77 Å². The number of nitrogens with one attached hydrogen (secondary N) is 1. The molecule has 1 rings (SSSR count). The molecule has 1 heterocycles. The van der Waals surface area contributed by atoms with Crippen LogP contribution in [0.4, 0.5) is 0 Å². The number of nitrogens with zero attached hydrogens (tertiary/aromatic N) is 2. The molecule has 0 saturated heterocycles. The number of hydrogen-bond donors (Lipinski definition) is 2. The number of unbranched alkanes of at least 4 members (excludes halogenated alkanes) is 1. The number of hydrogen-bond acceptors (Lipinski definition) is 3. The molecule has 0 bridgehead atoms. The number of aliphatic hydroxyl groups is 1. The van der Waals surface area contributed by atoms with Gasteiger partial charge in [-0.25, -0.2) is 0 Å². The molecular weight excluding hydrogens is 198 g/mol. The fraction of sp³-hybridized carbons (Fsp3) is 0.778. The lowest BCUT2D eigenvalue weighted by molar-refractivity contribution is 0.259. The van der Waals surface area contributed by atoms with E-state index < -0.39 is 0 Å². The number of rotatable bonds is 5. The molecule has 0 radical (unpaired) electrons. The molecule has 1 aromatic rings. The first-order valence-electron chi connectivity index (χ1n) is 4.97. The number of aromatic nitrogens is 3. The summed E-state index contributed by atoms with van der Waals surface area (Å²) in [4.78, 5) is 0. The van der Waals surface area contributed by atoms with Crippen molar-refractivity contribution in [1.29, 1.82) is 0 Å². The number of aromatic amines is 1. The molecule has 0 aliphatic heterocycles. The Morgan fingerprint density at radius 2 is 2.36 bits per heavy atom. The lowest BCUT2D eigenvalue weighted by Gasteiger charge is -2.13. The van der Waals surface area contributed by atoms with E-state index in [9.17, 15) is 0 Å². The van der Waals surface area contributed by atoms with Gasteiger partial charge in [0.1, 0.15) is 6.61 Å². The molecule has 0 aromatic carbocycles. The van der Waals surface area contributed by atoms with Gasteiger partial charge in [0.15, 0.2) is 10.6 Å². The Morgan fingerprint density at radius 1 is 1.64 bits per heavy atom. The Balaban J connectivity index is 2.81. The number of H-pyrrole nitrogens is 1. The van der Waals surface area contributed by atoms with Crippen molar-refractivity contribution >= 4 is 12.2 Å². The monoisotopic (exact) mass is 215 g/mol. The molecule has 0 amide bonds. The van der Waals surface area contributed by atoms with Crippen LogP contribution in [0.2, 0.25) is 0 Å². The van der Waals surface area contributed by atoms with E-state index in [0.717, 1.165) is 6.42 Å². The predicted molar refractivity (Wildman–Crippen MR) is 57.6 cm³/mol. The summed E-state index contributed by atoms with van der Waals surface area (Å²) in [5.41, 5.74) is 0. The lowest BCUT2D eigenvalue weighted by Crippen LogP contribution is -2.09. The first-order chi connectivity index (χ1) is 6.70. The molecule has 14 heavy (non-hydrogen) atoms. The Morgan fingerprint density at radius 3 is 2.93 bits per heavy atom. The fourth-order valence-corrected chi connectivity index (χ4v) is 1.86. The van der Waals surface area contributed by atoms with E-state index in [0.29, 0.717) is 16.6 Å². The van der Waals surface area contributed by atoms with Crippen LogP contribution in [0.1, 0.15) is 45.0 Å². The van der Waals surface area contributed by atoms with Gasteiger partial charge in [-0.2, -0.15) is 5.10 Å². The van der Waals surface area contributed by atoms with Crippen molar-refractivity contribution in [2.75, 3.05) is 0 Å². The summed E-state index contributed by atoms with van der Waals surface area (Å²) < 4.78 is 2.49.